The number of ether oxygens (including phenoxy) is 1. The number of thiophene rings is 1. The average molecular weight is 511 g/mol. The molecule has 2 aliphatic heterocycles. The fourth-order valence-electron chi connectivity index (χ4n) is 6.43. The second-order valence-corrected chi connectivity index (χ2v) is 11.3. The first kappa shape index (κ1) is 24.2. The molecule has 0 bridgehead atoms. The van der Waals surface area contributed by atoms with Gasteiger partial charge in [0.25, 0.3) is 5.91 Å². The summed E-state index contributed by atoms with van der Waals surface area (Å²) in [5, 5.41) is 6.61. The zero-order valence-electron chi connectivity index (χ0n) is 21.4. The summed E-state index contributed by atoms with van der Waals surface area (Å²) in [6, 6.07) is 25.0. The SMILES string of the molecule is COc1ccccc1C1CCN(CC2CN(C(=O)c3cccc4ccccc34)CC2c2ccsc2)CC1. The van der Waals surface area contributed by atoms with Gasteiger partial charge in [-0.15, -0.1) is 0 Å². The lowest BCUT2D eigenvalue weighted by molar-refractivity contribution is 0.0783. The quantitative estimate of drug-likeness (QED) is 0.291. The van der Waals surface area contributed by atoms with Crippen LogP contribution in [0.1, 0.15) is 46.2 Å². The van der Waals surface area contributed by atoms with Gasteiger partial charge >= 0.3 is 0 Å². The fraction of sp³-hybridized carbons (Fsp3) is 0.344. The Balaban J connectivity index is 1.17. The lowest BCUT2D eigenvalue weighted by Crippen LogP contribution is -2.38. The second kappa shape index (κ2) is 10.7. The van der Waals surface area contributed by atoms with Crippen molar-refractivity contribution in [2.45, 2.75) is 24.7 Å². The molecule has 2 unspecified atom stereocenters. The molecule has 0 spiro atoms. The largest absolute Gasteiger partial charge is 0.496 e. The standard InChI is InChI=1S/C32H34N2O2S/c1-36-31-12-5-4-10-28(31)24-13-16-33(17-14-24)19-26-20-34(21-30(26)25-15-18-37-22-25)32(35)29-11-6-8-23-7-2-3-9-27(23)29/h2-12,15,18,22,24,26,30H,13-14,16-17,19-21H2,1H3. The van der Waals surface area contributed by atoms with Gasteiger partial charge in [0.05, 0.1) is 7.11 Å². The number of rotatable bonds is 6. The van der Waals surface area contributed by atoms with Crippen LogP contribution in [0.15, 0.2) is 83.6 Å². The highest BCUT2D eigenvalue weighted by Gasteiger charge is 2.38. The lowest BCUT2D eigenvalue weighted by Gasteiger charge is -2.35. The number of benzene rings is 3. The van der Waals surface area contributed by atoms with Crippen LogP contribution in [0, 0.1) is 5.92 Å². The van der Waals surface area contributed by atoms with Crippen molar-refractivity contribution < 1.29 is 9.53 Å². The summed E-state index contributed by atoms with van der Waals surface area (Å²) in [7, 11) is 1.77. The van der Waals surface area contributed by atoms with E-state index in [1.807, 2.05) is 30.3 Å². The molecule has 6 rings (SSSR count). The van der Waals surface area contributed by atoms with Crippen molar-refractivity contribution in [1.29, 1.82) is 0 Å². The Morgan fingerprint density at radius 1 is 0.946 bits per heavy atom. The van der Waals surface area contributed by atoms with Crippen molar-refractivity contribution in [3.05, 3.63) is 100 Å². The van der Waals surface area contributed by atoms with E-state index in [1.165, 1.54) is 11.1 Å². The van der Waals surface area contributed by atoms with Crippen LogP contribution in [0.3, 0.4) is 0 Å². The number of amides is 1. The number of para-hydroxylation sites is 1. The van der Waals surface area contributed by atoms with Gasteiger partial charge in [-0.3, -0.25) is 4.79 Å². The van der Waals surface area contributed by atoms with E-state index in [9.17, 15) is 4.79 Å². The van der Waals surface area contributed by atoms with Gasteiger partial charge in [-0.25, -0.2) is 0 Å². The number of hydrogen-bond donors (Lipinski definition) is 0. The van der Waals surface area contributed by atoms with E-state index in [0.29, 0.717) is 17.8 Å². The fourth-order valence-corrected chi connectivity index (χ4v) is 7.15. The smallest absolute Gasteiger partial charge is 0.254 e. The number of nitrogens with zero attached hydrogens (tertiary/aromatic N) is 2. The van der Waals surface area contributed by atoms with E-state index in [2.05, 4.69) is 63.0 Å². The highest BCUT2D eigenvalue weighted by Crippen LogP contribution is 2.38. The van der Waals surface area contributed by atoms with Crippen LogP contribution in [-0.2, 0) is 0 Å². The van der Waals surface area contributed by atoms with Crippen molar-refractivity contribution in [2.24, 2.45) is 5.92 Å². The molecule has 190 valence electrons. The predicted molar refractivity (Wildman–Crippen MR) is 152 cm³/mol. The van der Waals surface area contributed by atoms with Crippen molar-refractivity contribution in [3.8, 4) is 5.75 Å². The van der Waals surface area contributed by atoms with Crippen molar-refractivity contribution in [3.63, 3.8) is 0 Å². The Morgan fingerprint density at radius 2 is 1.73 bits per heavy atom. The lowest BCUT2D eigenvalue weighted by atomic mass is 9.86. The van der Waals surface area contributed by atoms with Gasteiger partial charge < -0.3 is 14.5 Å². The van der Waals surface area contributed by atoms with E-state index in [4.69, 9.17) is 4.74 Å². The third-order valence-corrected chi connectivity index (χ3v) is 9.08. The molecule has 0 radical (unpaired) electrons. The molecule has 5 heteroatoms. The van der Waals surface area contributed by atoms with Crippen LogP contribution in [0.4, 0.5) is 0 Å². The number of methoxy groups -OCH3 is 1. The number of carbonyl (C=O) groups is 1. The average Bonchev–Trinajstić information content (AvgIpc) is 3.63. The van der Waals surface area contributed by atoms with E-state index in [1.54, 1.807) is 18.4 Å². The first-order chi connectivity index (χ1) is 18.2. The van der Waals surface area contributed by atoms with Gasteiger partial charge in [-0.1, -0.05) is 54.6 Å². The molecule has 0 N–H and O–H groups in total. The van der Waals surface area contributed by atoms with Crippen LogP contribution in [-0.4, -0.2) is 55.5 Å². The third-order valence-electron chi connectivity index (χ3n) is 8.38. The maximum atomic E-state index is 13.8. The third kappa shape index (κ3) is 4.90. The number of likely N-dealkylation sites (tertiary alicyclic amines) is 2. The molecule has 3 heterocycles. The molecular weight excluding hydrogens is 476 g/mol. The Morgan fingerprint density at radius 3 is 2.54 bits per heavy atom. The molecule has 2 saturated heterocycles. The van der Waals surface area contributed by atoms with Crippen LogP contribution in [0.25, 0.3) is 10.8 Å². The zero-order valence-corrected chi connectivity index (χ0v) is 22.2. The topological polar surface area (TPSA) is 32.8 Å². The summed E-state index contributed by atoms with van der Waals surface area (Å²) in [4.78, 5) is 18.5. The van der Waals surface area contributed by atoms with Gasteiger partial charge in [-0.05, 0) is 88.6 Å². The first-order valence-electron chi connectivity index (χ1n) is 13.4. The summed E-state index contributed by atoms with van der Waals surface area (Å²) in [5.41, 5.74) is 3.54. The molecule has 3 aromatic carbocycles. The van der Waals surface area contributed by atoms with E-state index in [-0.39, 0.29) is 5.91 Å². The van der Waals surface area contributed by atoms with Gasteiger partial charge in [0, 0.05) is 31.1 Å². The van der Waals surface area contributed by atoms with Crippen molar-refractivity contribution >= 4 is 28.0 Å². The molecule has 1 aromatic heterocycles. The Labute approximate surface area is 223 Å². The van der Waals surface area contributed by atoms with E-state index < -0.39 is 0 Å². The predicted octanol–water partition coefficient (Wildman–Crippen LogP) is 6.65. The Hall–Kier alpha value is -3.15. The van der Waals surface area contributed by atoms with Crippen LogP contribution in [0.5, 0.6) is 5.75 Å². The second-order valence-electron chi connectivity index (χ2n) is 10.5. The zero-order chi connectivity index (χ0) is 25.2. The molecule has 4 nitrogen and oxygen atoms in total. The van der Waals surface area contributed by atoms with Crippen LogP contribution >= 0.6 is 11.3 Å². The minimum Gasteiger partial charge on any atom is -0.496 e. The maximum Gasteiger partial charge on any atom is 0.254 e. The van der Waals surface area contributed by atoms with E-state index >= 15 is 0 Å². The minimum absolute atomic E-state index is 0.161. The molecule has 4 aromatic rings. The van der Waals surface area contributed by atoms with Crippen LogP contribution < -0.4 is 4.74 Å². The first-order valence-corrected chi connectivity index (χ1v) is 14.3. The highest BCUT2D eigenvalue weighted by atomic mass is 32.1. The monoisotopic (exact) mass is 510 g/mol. The van der Waals surface area contributed by atoms with Gasteiger partial charge in [0.2, 0.25) is 0 Å². The summed E-state index contributed by atoms with van der Waals surface area (Å²) < 4.78 is 5.64. The molecule has 2 aliphatic rings. The van der Waals surface area contributed by atoms with Gasteiger partial charge in [-0.2, -0.15) is 11.3 Å². The molecule has 1 amide bonds. The summed E-state index contributed by atoms with van der Waals surface area (Å²) in [5.74, 6) is 2.55. The van der Waals surface area contributed by atoms with Crippen molar-refractivity contribution in [2.75, 3.05) is 39.8 Å². The number of carbonyl (C=O) groups excluding carboxylic acids is 1. The summed E-state index contributed by atoms with van der Waals surface area (Å²) in [6.07, 6.45) is 2.30. The van der Waals surface area contributed by atoms with E-state index in [0.717, 1.165) is 67.7 Å². The molecule has 37 heavy (non-hydrogen) atoms. The molecule has 0 saturated carbocycles. The normalized spacial score (nSPS) is 20.9. The van der Waals surface area contributed by atoms with Gasteiger partial charge in [0.1, 0.15) is 5.75 Å². The van der Waals surface area contributed by atoms with Crippen LogP contribution in [0.2, 0.25) is 0 Å². The number of hydrogen-bond acceptors (Lipinski definition) is 4. The minimum atomic E-state index is 0.161. The highest BCUT2D eigenvalue weighted by molar-refractivity contribution is 7.08. The maximum absolute atomic E-state index is 13.8. The number of piperidine rings is 1. The Bertz CT molecular complexity index is 1350. The summed E-state index contributed by atoms with van der Waals surface area (Å²) in [6.45, 7) is 4.83. The summed E-state index contributed by atoms with van der Waals surface area (Å²) >= 11 is 1.75. The molecule has 2 atom stereocenters. The molecule has 0 aliphatic carbocycles. The molecular formula is C32H34N2O2S. The van der Waals surface area contributed by atoms with Gasteiger partial charge in [0.15, 0.2) is 0 Å². The van der Waals surface area contributed by atoms with Crippen molar-refractivity contribution in [1.82, 2.24) is 9.80 Å². The number of fused-ring (bicyclic) bond motifs is 1. The Kier molecular flexibility index (Phi) is 6.99. The molecule has 2 fully saturated rings.